The summed E-state index contributed by atoms with van der Waals surface area (Å²) in [4.78, 5) is 12.2. The van der Waals surface area contributed by atoms with Crippen molar-refractivity contribution < 1.29 is 24.5 Å². The third-order valence-electron chi connectivity index (χ3n) is 8.16. The van der Waals surface area contributed by atoms with E-state index < -0.39 is 11.7 Å². The lowest BCUT2D eigenvalue weighted by Gasteiger charge is -2.34. The molecule has 2 aromatic carbocycles. The molecule has 3 N–H and O–H groups in total. The molecule has 0 bridgehead atoms. The quantitative estimate of drug-likeness (QED) is 0.234. The number of amides is 1. The van der Waals surface area contributed by atoms with Crippen LogP contribution in [-0.4, -0.2) is 47.3 Å². The van der Waals surface area contributed by atoms with Crippen molar-refractivity contribution in [2.24, 2.45) is 5.41 Å². The van der Waals surface area contributed by atoms with Crippen LogP contribution in [0, 0.1) is 19.3 Å². The molecule has 230 valence electrons. The van der Waals surface area contributed by atoms with Crippen LogP contribution in [0.25, 0.3) is 0 Å². The van der Waals surface area contributed by atoms with Crippen molar-refractivity contribution in [3.63, 3.8) is 0 Å². The fraction of sp³-hybridized carbons (Fsp3) is 0.629. The Hall–Kier alpha value is -2.57. The molecule has 0 aliphatic rings. The highest BCUT2D eigenvalue weighted by atomic mass is 16.6. The van der Waals surface area contributed by atoms with Crippen molar-refractivity contribution >= 4 is 6.09 Å². The Morgan fingerprint density at radius 1 is 0.902 bits per heavy atom. The zero-order chi connectivity index (χ0) is 31.0. The van der Waals surface area contributed by atoms with Gasteiger partial charge in [-0.05, 0) is 106 Å². The number of nitrogens with one attached hydrogen (secondary N) is 1. The van der Waals surface area contributed by atoms with E-state index >= 15 is 0 Å². The third kappa shape index (κ3) is 9.75. The summed E-state index contributed by atoms with van der Waals surface area (Å²) >= 11 is 0. The number of carbonyl (C=O) groups excluding carboxylic acids is 1. The lowest BCUT2D eigenvalue weighted by Crippen LogP contribution is -2.42. The number of aliphatic hydroxyl groups is 2. The molecule has 0 saturated carbocycles. The highest BCUT2D eigenvalue weighted by molar-refractivity contribution is 5.68. The Kier molecular flexibility index (Phi) is 12.3. The van der Waals surface area contributed by atoms with E-state index in [2.05, 4.69) is 77.2 Å². The first-order chi connectivity index (χ1) is 19.1. The molecule has 0 aliphatic carbocycles. The molecule has 1 unspecified atom stereocenters. The highest BCUT2D eigenvalue weighted by Crippen LogP contribution is 2.41. The number of alkyl carbamates (subject to hydrolysis) is 1. The molecule has 2 aromatic rings. The third-order valence-corrected chi connectivity index (χ3v) is 8.16. The second kappa shape index (κ2) is 14.6. The molecule has 2 atom stereocenters. The Morgan fingerprint density at radius 3 is 1.98 bits per heavy atom. The first-order valence-electron chi connectivity index (χ1n) is 15.2. The Balaban J connectivity index is 2.23. The summed E-state index contributed by atoms with van der Waals surface area (Å²) in [6.07, 6.45) is 3.06. The lowest BCUT2D eigenvalue weighted by molar-refractivity contribution is 0.0478. The molecule has 6 nitrogen and oxygen atoms in total. The number of rotatable bonds is 13. The number of ether oxygens (including phenoxy) is 2. The molecule has 2 rings (SSSR count). The molecule has 0 spiro atoms. The number of aliphatic hydroxyl groups excluding tert-OH is 2. The van der Waals surface area contributed by atoms with Crippen molar-refractivity contribution in [1.82, 2.24) is 5.32 Å². The van der Waals surface area contributed by atoms with E-state index in [-0.39, 0.29) is 36.2 Å². The first kappa shape index (κ1) is 34.6. The molecule has 41 heavy (non-hydrogen) atoms. The summed E-state index contributed by atoms with van der Waals surface area (Å²) in [6, 6.07) is 12.8. The topological polar surface area (TPSA) is 88.0 Å². The van der Waals surface area contributed by atoms with Gasteiger partial charge in [0.2, 0.25) is 0 Å². The van der Waals surface area contributed by atoms with E-state index in [1.54, 1.807) is 0 Å². The first-order valence-corrected chi connectivity index (χ1v) is 15.2. The van der Waals surface area contributed by atoms with Gasteiger partial charge in [-0.15, -0.1) is 0 Å². The molecule has 0 heterocycles. The average molecular weight is 570 g/mol. The van der Waals surface area contributed by atoms with Gasteiger partial charge >= 0.3 is 6.09 Å². The Labute approximate surface area is 248 Å². The van der Waals surface area contributed by atoms with Crippen LogP contribution in [0.15, 0.2) is 36.4 Å². The van der Waals surface area contributed by atoms with E-state index in [1.807, 2.05) is 33.8 Å². The maximum atomic E-state index is 12.2. The van der Waals surface area contributed by atoms with E-state index in [9.17, 15) is 15.0 Å². The fourth-order valence-electron chi connectivity index (χ4n) is 5.36. The summed E-state index contributed by atoms with van der Waals surface area (Å²) in [7, 11) is 0. The van der Waals surface area contributed by atoms with Crippen molar-refractivity contribution in [3.8, 4) is 5.75 Å². The van der Waals surface area contributed by atoms with Gasteiger partial charge in [0.15, 0.2) is 0 Å². The van der Waals surface area contributed by atoms with Crippen LogP contribution in [0.3, 0.4) is 0 Å². The lowest BCUT2D eigenvalue weighted by atomic mass is 9.69. The van der Waals surface area contributed by atoms with Gasteiger partial charge in [0, 0.05) is 12.0 Å². The molecule has 0 fully saturated rings. The summed E-state index contributed by atoms with van der Waals surface area (Å²) < 4.78 is 11.5. The fourth-order valence-corrected chi connectivity index (χ4v) is 5.36. The molecule has 0 radical (unpaired) electrons. The average Bonchev–Trinajstić information content (AvgIpc) is 2.87. The Bertz CT molecular complexity index is 1120. The molecule has 0 aliphatic heterocycles. The molecule has 6 heteroatoms. The maximum absolute atomic E-state index is 12.2. The van der Waals surface area contributed by atoms with Gasteiger partial charge in [0.25, 0.3) is 0 Å². The molecular formula is C35H55NO5. The zero-order valence-corrected chi connectivity index (χ0v) is 27.2. The molecular weight excluding hydrogens is 514 g/mol. The number of benzene rings is 2. The van der Waals surface area contributed by atoms with Crippen LogP contribution < -0.4 is 10.1 Å². The molecule has 0 saturated heterocycles. The van der Waals surface area contributed by atoms with Crippen LogP contribution in [-0.2, 0) is 16.6 Å². The molecule has 0 aromatic heterocycles. The number of hydrogen-bond acceptors (Lipinski definition) is 5. The van der Waals surface area contributed by atoms with Gasteiger partial charge in [-0.1, -0.05) is 65.0 Å². The monoisotopic (exact) mass is 569 g/mol. The van der Waals surface area contributed by atoms with Gasteiger partial charge in [-0.3, -0.25) is 0 Å². The number of aryl methyl sites for hydroxylation is 3. The molecule has 1 amide bonds. The van der Waals surface area contributed by atoms with Crippen LogP contribution in [0.5, 0.6) is 5.75 Å². The summed E-state index contributed by atoms with van der Waals surface area (Å²) in [5.41, 5.74) is 5.29. The van der Waals surface area contributed by atoms with E-state index in [0.717, 1.165) is 37.0 Å². The minimum absolute atomic E-state index is 0.0629. The van der Waals surface area contributed by atoms with Crippen molar-refractivity contribution in [2.75, 3.05) is 13.2 Å². The van der Waals surface area contributed by atoms with Gasteiger partial charge in [0.1, 0.15) is 18.0 Å². The second-order valence-corrected chi connectivity index (χ2v) is 13.5. The second-order valence-electron chi connectivity index (χ2n) is 13.5. The standard InChI is InChI=1S/C35H55NO5/c1-11-35(12-2,27-15-13-26(24(3)21-27)14-18-31(38)33(5,6)7)28-16-17-30(25(4)22-28)40-23-29(19-20-37)36-32(39)41-34(8,9)10/h13,15-17,21-22,29,31,37-38H,11-12,14,18-20,23H2,1-10H3,(H,36,39)/t29-,31?/m0/s1. The van der Waals surface area contributed by atoms with E-state index in [4.69, 9.17) is 9.47 Å². The number of carbonyl (C=O) groups is 1. The van der Waals surface area contributed by atoms with Crippen molar-refractivity contribution in [1.29, 1.82) is 0 Å². The zero-order valence-electron chi connectivity index (χ0n) is 27.2. The Morgan fingerprint density at radius 2 is 1.49 bits per heavy atom. The van der Waals surface area contributed by atoms with Gasteiger partial charge < -0.3 is 25.0 Å². The predicted octanol–water partition coefficient (Wildman–Crippen LogP) is 7.40. The minimum Gasteiger partial charge on any atom is -0.491 e. The minimum atomic E-state index is -0.597. The van der Waals surface area contributed by atoms with Crippen LogP contribution >= 0.6 is 0 Å². The number of hydrogen-bond donors (Lipinski definition) is 3. The SMILES string of the molecule is CCC(CC)(c1ccc(CCC(O)C(C)(C)C)c(C)c1)c1ccc(OC[C@H](CCO)NC(=O)OC(C)(C)C)c(C)c1. The smallest absolute Gasteiger partial charge is 0.407 e. The van der Waals surface area contributed by atoms with E-state index in [1.165, 1.54) is 22.3 Å². The van der Waals surface area contributed by atoms with Crippen LogP contribution in [0.1, 0.15) is 109 Å². The van der Waals surface area contributed by atoms with Gasteiger partial charge in [-0.2, -0.15) is 0 Å². The van der Waals surface area contributed by atoms with E-state index in [0.29, 0.717) is 6.42 Å². The van der Waals surface area contributed by atoms with Crippen molar-refractivity contribution in [2.45, 2.75) is 125 Å². The highest BCUT2D eigenvalue weighted by Gasteiger charge is 2.32. The summed E-state index contributed by atoms with van der Waals surface area (Å²) in [6.45, 7) is 20.6. The van der Waals surface area contributed by atoms with Crippen LogP contribution in [0.4, 0.5) is 4.79 Å². The van der Waals surface area contributed by atoms with Gasteiger partial charge in [-0.25, -0.2) is 4.79 Å². The summed E-state index contributed by atoms with van der Waals surface area (Å²) in [5.74, 6) is 0.757. The summed E-state index contributed by atoms with van der Waals surface area (Å²) in [5, 5.41) is 22.8. The van der Waals surface area contributed by atoms with Crippen LogP contribution in [0.2, 0.25) is 0 Å². The predicted molar refractivity (Wildman–Crippen MR) is 168 cm³/mol. The van der Waals surface area contributed by atoms with Gasteiger partial charge in [0.05, 0.1) is 12.1 Å². The largest absolute Gasteiger partial charge is 0.491 e. The van der Waals surface area contributed by atoms with Crippen molar-refractivity contribution in [3.05, 3.63) is 64.2 Å². The normalized spacial score (nSPS) is 14.0. The maximum Gasteiger partial charge on any atom is 0.407 e.